The van der Waals surface area contributed by atoms with Gasteiger partial charge >= 0.3 is 0 Å². The molecule has 7 heteroatoms. The molecule has 1 aliphatic rings. The molecule has 0 bridgehead atoms. The van der Waals surface area contributed by atoms with Crippen molar-refractivity contribution in [3.8, 4) is 0 Å². The summed E-state index contributed by atoms with van der Waals surface area (Å²) in [7, 11) is 0. The Kier molecular flexibility index (Phi) is 5.54. The van der Waals surface area contributed by atoms with Gasteiger partial charge in [0.05, 0.1) is 11.1 Å². The molecule has 3 rings (SSSR count). The van der Waals surface area contributed by atoms with Gasteiger partial charge in [0, 0.05) is 18.7 Å². The molecule has 1 atom stereocenters. The Morgan fingerprint density at radius 1 is 1.38 bits per heavy atom. The third kappa shape index (κ3) is 4.20. The van der Waals surface area contributed by atoms with Gasteiger partial charge in [-0.3, -0.25) is 9.78 Å². The molecule has 1 amide bonds. The minimum atomic E-state index is -0.333. The predicted molar refractivity (Wildman–Crippen MR) is 104 cm³/mol. The minimum absolute atomic E-state index is 0.158. The van der Waals surface area contributed by atoms with E-state index in [1.165, 1.54) is 0 Å². The average Bonchev–Trinajstić information content (AvgIpc) is 2.57. The lowest BCUT2D eigenvalue weighted by Gasteiger charge is -2.33. The van der Waals surface area contributed by atoms with Gasteiger partial charge in [0.25, 0.3) is 0 Å². The van der Waals surface area contributed by atoms with Crippen LogP contribution in [0.3, 0.4) is 0 Å². The number of aromatic nitrogens is 3. The summed E-state index contributed by atoms with van der Waals surface area (Å²) in [6.07, 6.45) is 7.92. The lowest BCUT2D eigenvalue weighted by atomic mass is 9.84. The number of unbranched alkanes of at least 4 members (excludes halogenated alkanes) is 1. The van der Waals surface area contributed by atoms with Crippen LogP contribution in [0.25, 0.3) is 11.0 Å². The van der Waals surface area contributed by atoms with Gasteiger partial charge in [-0.2, -0.15) is 4.98 Å². The van der Waals surface area contributed by atoms with Crippen molar-refractivity contribution >= 4 is 28.7 Å². The lowest BCUT2D eigenvalue weighted by Crippen LogP contribution is -2.48. The lowest BCUT2D eigenvalue weighted by molar-refractivity contribution is -0.127. The number of rotatable bonds is 8. The maximum atomic E-state index is 12.3. The number of hydrogen-bond donors (Lipinski definition) is 3. The highest BCUT2D eigenvalue weighted by molar-refractivity contribution is 5.86. The summed E-state index contributed by atoms with van der Waals surface area (Å²) >= 11 is 0. The van der Waals surface area contributed by atoms with E-state index in [9.17, 15) is 4.79 Å². The first-order valence-electron chi connectivity index (χ1n) is 9.45. The second-order valence-corrected chi connectivity index (χ2v) is 7.44. The van der Waals surface area contributed by atoms with Crippen LogP contribution in [0.15, 0.2) is 18.3 Å². The number of pyridine rings is 1. The van der Waals surface area contributed by atoms with Gasteiger partial charge in [-0.15, -0.1) is 0 Å². The molecule has 0 aliphatic heterocycles. The Balaban J connectivity index is 1.80. The van der Waals surface area contributed by atoms with Crippen LogP contribution in [0.5, 0.6) is 0 Å². The van der Waals surface area contributed by atoms with E-state index in [1.54, 1.807) is 6.20 Å². The molecular weight excluding hydrogens is 328 g/mol. The number of nitrogen functional groups attached to an aromatic ring is 1. The van der Waals surface area contributed by atoms with Crippen LogP contribution in [0.1, 0.15) is 52.4 Å². The number of carbonyl (C=O) groups excluding carboxylic acids is 1. The number of carbonyl (C=O) groups is 1. The third-order valence-corrected chi connectivity index (χ3v) is 5.10. The van der Waals surface area contributed by atoms with E-state index in [0.29, 0.717) is 23.4 Å². The Morgan fingerprint density at radius 2 is 2.19 bits per heavy atom. The highest BCUT2D eigenvalue weighted by Crippen LogP contribution is 2.28. The fraction of sp³-hybridized carbons (Fsp3) is 0.579. The molecule has 2 aromatic rings. The summed E-state index contributed by atoms with van der Waals surface area (Å²) in [5.41, 5.74) is 6.94. The molecular formula is C19H28N6O. The molecule has 1 aliphatic carbocycles. The molecule has 0 radical (unpaired) electrons. The van der Waals surface area contributed by atoms with Gasteiger partial charge in [0.1, 0.15) is 5.52 Å². The van der Waals surface area contributed by atoms with E-state index >= 15 is 0 Å². The average molecular weight is 356 g/mol. The third-order valence-electron chi connectivity index (χ3n) is 5.10. The van der Waals surface area contributed by atoms with Gasteiger partial charge in [0.2, 0.25) is 11.9 Å². The van der Waals surface area contributed by atoms with E-state index in [1.807, 2.05) is 12.1 Å². The molecule has 140 valence electrons. The summed E-state index contributed by atoms with van der Waals surface area (Å²) in [6.45, 7) is 4.81. The smallest absolute Gasteiger partial charge is 0.223 e. The van der Waals surface area contributed by atoms with Crippen molar-refractivity contribution in [2.24, 2.45) is 5.92 Å². The molecule has 1 unspecified atom stereocenters. The second kappa shape index (κ2) is 7.85. The van der Waals surface area contributed by atoms with Crippen molar-refractivity contribution in [1.29, 1.82) is 0 Å². The maximum absolute atomic E-state index is 12.3. The Hall–Kier alpha value is -2.44. The van der Waals surface area contributed by atoms with Crippen LogP contribution >= 0.6 is 0 Å². The monoisotopic (exact) mass is 356 g/mol. The largest absolute Gasteiger partial charge is 0.368 e. The topological polar surface area (TPSA) is 106 Å². The normalized spacial score (nSPS) is 16.7. The molecule has 26 heavy (non-hydrogen) atoms. The molecule has 1 saturated carbocycles. The van der Waals surface area contributed by atoms with Crippen molar-refractivity contribution < 1.29 is 4.79 Å². The van der Waals surface area contributed by atoms with Crippen molar-refractivity contribution in [2.45, 2.75) is 57.9 Å². The zero-order chi connectivity index (χ0) is 18.6. The number of nitrogens with two attached hydrogens (primary N) is 1. The maximum Gasteiger partial charge on any atom is 0.223 e. The van der Waals surface area contributed by atoms with Crippen LogP contribution in [-0.4, -0.2) is 32.9 Å². The van der Waals surface area contributed by atoms with Crippen LogP contribution in [-0.2, 0) is 4.79 Å². The zero-order valence-corrected chi connectivity index (χ0v) is 15.6. The van der Waals surface area contributed by atoms with E-state index < -0.39 is 0 Å². The quantitative estimate of drug-likeness (QED) is 0.671. The van der Waals surface area contributed by atoms with Crippen molar-refractivity contribution in [3.05, 3.63) is 18.3 Å². The van der Waals surface area contributed by atoms with Crippen LogP contribution < -0.4 is 16.4 Å². The van der Waals surface area contributed by atoms with Gasteiger partial charge in [-0.25, -0.2) is 4.98 Å². The first-order valence-corrected chi connectivity index (χ1v) is 9.45. The Bertz CT molecular complexity index is 776. The SMILES string of the molecule is CCCCC(C)(CNC(=O)C1CCC1)Nc1nc(N)nc2cccnc12. The molecule has 0 saturated heterocycles. The molecule has 7 nitrogen and oxygen atoms in total. The first kappa shape index (κ1) is 18.4. The number of hydrogen-bond acceptors (Lipinski definition) is 6. The molecule has 4 N–H and O–H groups in total. The minimum Gasteiger partial charge on any atom is -0.368 e. The van der Waals surface area contributed by atoms with E-state index in [-0.39, 0.29) is 23.3 Å². The fourth-order valence-electron chi connectivity index (χ4n) is 3.22. The summed E-state index contributed by atoms with van der Waals surface area (Å²) in [5.74, 6) is 1.17. The van der Waals surface area contributed by atoms with Crippen LogP contribution in [0.2, 0.25) is 0 Å². The van der Waals surface area contributed by atoms with Gasteiger partial charge in [-0.1, -0.05) is 26.2 Å². The number of nitrogens with one attached hydrogen (secondary N) is 2. The fourth-order valence-corrected chi connectivity index (χ4v) is 3.22. The molecule has 1 fully saturated rings. The van der Waals surface area contributed by atoms with Crippen LogP contribution in [0, 0.1) is 5.92 Å². The molecule has 2 heterocycles. The van der Waals surface area contributed by atoms with Crippen LogP contribution in [0.4, 0.5) is 11.8 Å². The summed E-state index contributed by atoms with van der Waals surface area (Å²) in [5, 5.41) is 6.62. The molecule has 2 aromatic heterocycles. The van der Waals surface area contributed by atoms with Gasteiger partial charge < -0.3 is 16.4 Å². The highest BCUT2D eigenvalue weighted by Gasteiger charge is 2.30. The number of nitrogens with zero attached hydrogens (tertiary/aromatic N) is 3. The number of fused-ring (bicyclic) bond motifs is 1. The van der Waals surface area contributed by atoms with E-state index in [0.717, 1.165) is 38.5 Å². The summed E-state index contributed by atoms with van der Waals surface area (Å²) in [6, 6.07) is 3.70. The number of amides is 1. The van der Waals surface area contributed by atoms with E-state index in [2.05, 4.69) is 39.4 Å². The van der Waals surface area contributed by atoms with Crippen molar-refractivity contribution in [2.75, 3.05) is 17.6 Å². The molecule has 0 aromatic carbocycles. The Morgan fingerprint density at radius 3 is 2.88 bits per heavy atom. The van der Waals surface area contributed by atoms with Gasteiger partial charge in [0.15, 0.2) is 5.82 Å². The predicted octanol–water partition coefficient (Wildman–Crippen LogP) is 2.88. The van der Waals surface area contributed by atoms with Gasteiger partial charge in [-0.05, 0) is 38.3 Å². The zero-order valence-electron chi connectivity index (χ0n) is 15.6. The number of anilines is 2. The van der Waals surface area contributed by atoms with E-state index in [4.69, 9.17) is 5.73 Å². The standard InChI is InChI=1S/C19H28N6O/c1-3-4-10-19(2,12-22-17(26)13-7-5-8-13)25-16-15-14(9-6-11-21-15)23-18(20)24-16/h6,9,11,13H,3-5,7-8,10,12H2,1-2H3,(H,22,26)(H3,20,23,24,25). The van der Waals surface area contributed by atoms with Crippen molar-refractivity contribution in [3.63, 3.8) is 0 Å². The summed E-state index contributed by atoms with van der Waals surface area (Å²) in [4.78, 5) is 25.3. The Labute approximate surface area is 154 Å². The highest BCUT2D eigenvalue weighted by atomic mass is 16.1. The summed E-state index contributed by atoms with van der Waals surface area (Å²) < 4.78 is 0. The second-order valence-electron chi connectivity index (χ2n) is 7.44. The first-order chi connectivity index (χ1) is 12.5. The molecule has 0 spiro atoms. The van der Waals surface area contributed by atoms with Crippen molar-refractivity contribution in [1.82, 2.24) is 20.3 Å².